The van der Waals surface area contributed by atoms with Crippen LogP contribution in [0, 0.1) is 0 Å². The number of anilines is 1. The van der Waals surface area contributed by atoms with Gasteiger partial charge in [-0.3, -0.25) is 0 Å². The first kappa shape index (κ1) is 13.8. The molecule has 0 fully saturated rings. The van der Waals surface area contributed by atoms with Crippen LogP contribution in [0.1, 0.15) is 5.56 Å². The Morgan fingerprint density at radius 1 is 1.05 bits per heavy atom. The Hall–Kier alpha value is -2.17. The van der Waals surface area contributed by atoms with E-state index in [0.717, 1.165) is 22.0 Å². The summed E-state index contributed by atoms with van der Waals surface area (Å²) in [4.78, 5) is 4.55. The van der Waals surface area contributed by atoms with Gasteiger partial charge in [0.05, 0.1) is 5.69 Å². The van der Waals surface area contributed by atoms with Gasteiger partial charge < -0.3 is 11.1 Å². The summed E-state index contributed by atoms with van der Waals surface area (Å²) in [5.74, 6) is 0. The molecule has 1 heterocycles. The second-order valence-corrected chi connectivity index (χ2v) is 5.63. The van der Waals surface area contributed by atoms with Gasteiger partial charge in [-0.25, -0.2) is 4.98 Å². The monoisotopic (exact) mass is 295 g/mol. The Morgan fingerprint density at radius 2 is 1.76 bits per heavy atom. The zero-order valence-corrected chi connectivity index (χ0v) is 12.7. The maximum atomic E-state index is 5.72. The van der Waals surface area contributed by atoms with Crippen molar-refractivity contribution in [1.29, 1.82) is 0 Å². The Kier molecular flexibility index (Phi) is 3.99. The van der Waals surface area contributed by atoms with Gasteiger partial charge >= 0.3 is 0 Å². The van der Waals surface area contributed by atoms with Crippen LogP contribution in [0.4, 0.5) is 5.13 Å². The van der Waals surface area contributed by atoms with Gasteiger partial charge in [-0.1, -0.05) is 36.4 Å². The molecule has 21 heavy (non-hydrogen) atoms. The van der Waals surface area contributed by atoms with E-state index in [9.17, 15) is 0 Å². The number of nitrogens with zero attached hydrogens (tertiary/aromatic N) is 1. The summed E-state index contributed by atoms with van der Waals surface area (Å²) in [7, 11) is 1.89. The quantitative estimate of drug-likeness (QED) is 0.765. The molecule has 0 aliphatic carbocycles. The fourth-order valence-corrected chi connectivity index (χ4v) is 2.94. The average Bonchev–Trinajstić information content (AvgIpc) is 3.04. The van der Waals surface area contributed by atoms with E-state index in [-0.39, 0.29) is 0 Å². The number of hydrogen-bond donors (Lipinski definition) is 2. The third kappa shape index (κ3) is 2.96. The molecule has 0 radical (unpaired) electrons. The topological polar surface area (TPSA) is 50.9 Å². The molecule has 0 aliphatic heterocycles. The van der Waals surface area contributed by atoms with Crippen LogP contribution in [-0.2, 0) is 6.54 Å². The van der Waals surface area contributed by atoms with E-state index < -0.39 is 0 Å². The van der Waals surface area contributed by atoms with Gasteiger partial charge in [0.25, 0.3) is 0 Å². The van der Waals surface area contributed by atoms with Gasteiger partial charge in [-0.15, -0.1) is 11.3 Å². The highest BCUT2D eigenvalue weighted by Crippen LogP contribution is 2.29. The number of nitrogens with two attached hydrogens (primary N) is 1. The summed E-state index contributed by atoms with van der Waals surface area (Å²) >= 11 is 1.61. The van der Waals surface area contributed by atoms with Crippen LogP contribution in [0.2, 0.25) is 0 Å². The smallest absolute Gasteiger partial charge is 0.182 e. The summed E-state index contributed by atoms with van der Waals surface area (Å²) in [6.45, 7) is 0.561. The molecule has 0 aliphatic rings. The van der Waals surface area contributed by atoms with E-state index in [4.69, 9.17) is 5.73 Å². The average molecular weight is 295 g/mol. The third-order valence-electron chi connectivity index (χ3n) is 3.37. The van der Waals surface area contributed by atoms with Crippen molar-refractivity contribution in [3.05, 3.63) is 59.5 Å². The molecule has 0 atom stereocenters. The van der Waals surface area contributed by atoms with E-state index >= 15 is 0 Å². The van der Waals surface area contributed by atoms with Crippen LogP contribution < -0.4 is 11.1 Å². The van der Waals surface area contributed by atoms with E-state index in [1.54, 1.807) is 11.3 Å². The maximum Gasteiger partial charge on any atom is 0.182 e. The fraction of sp³-hybridized carbons (Fsp3) is 0.118. The van der Waals surface area contributed by atoms with Crippen LogP contribution >= 0.6 is 11.3 Å². The second-order valence-electron chi connectivity index (χ2n) is 4.77. The van der Waals surface area contributed by atoms with Crippen molar-refractivity contribution >= 4 is 16.5 Å². The summed E-state index contributed by atoms with van der Waals surface area (Å²) in [6.07, 6.45) is 0. The molecule has 2 aromatic carbocycles. The van der Waals surface area contributed by atoms with Gasteiger partial charge in [0.2, 0.25) is 0 Å². The molecular formula is C17H17N3S. The lowest BCUT2D eigenvalue weighted by Gasteiger charge is -2.06. The van der Waals surface area contributed by atoms with Crippen LogP contribution in [0.15, 0.2) is 53.9 Å². The molecular weight excluding hydrogens is 278 g/mol. The highest BCUT2D eigenvalue weighted by molar-refractivity contribution is 7.14. The third-order valence-corrected chi connectivity index (χ3v) is 4.23. The summed E-state index contributed by atoms with van der Waals surface area (Å²) in [5, 5.41) is 6.07. The highest BCUT2D eigenvalue weighted by atomic mass is 32.1. The Labute approximate surface area is 128 Å². The molecule has 0 unspecified atom stereocenters. The van der Waals surface area contributed by atoms with Crippen molar-refractivity contribution in [2.24, 2.45) is 5.73 Å². The van der Waals surface area contributed by atoms with E-state index in [0.29, 0.717) is 6.54 Å². The Balaban J connectivity index is 1.99. The SMILES string of the molecule is CNc1nc(-c2cccc(-c3cccc(CN)c3)c2)cs1. The molecule has 3 aromatic rings. The van der Waals surface area contributed by atoms with Crippen LogP contribution in [0.5, 0.6) is 0 Å². The van der Waals surface area contributed by atoms with E-state index in [1.807, 2.05) is 19.2 Å². The second kappa shape index (κ2) is 6.08. The summed E-state index contributed by atoms with van der Waals surface area (Å²) in [6, 6.07) is 16.8. The molecule has 3 N–H and O–H groups in total. The van der Waals surface area contributed by atoms with Crippen molar-refractivity contribution < 1.29 is 0 Å². The van der Waals surface area contributed by atoms with Gasteiger partial charge in [0.1, 0.15) is 0 Å². The normalized spacial score (nSPS) is 10.6. The van der Waals surface area contributed by atoms with Crippen LogP contribution in [0.3, 0.4) is 0 Å². The lowest BCUT2D eigenvalue weighted by molar-refractivity contribution is 1.07. The van der Waals surface area contributed by atoms with E-state index in [2.05, 4.69) is 52.1 Å². The number of benzene rings is 2. The van der Waals surface area contributed by atoms with Crippen molar-refractivity contribution in [2.75, 3.05) is 12.4 Å². The van der Waals surface area contributed by atoms with Crippen molar-refractivity contribution in [2.45, 2.75) is 6.54 Å². The highest BCUT2D eigenvalue weighted by Gasteiger charge is 2.05. The molecule has 3 nitrogen and oxygen atoms in total. The predicted octanol–water partition coefficient (Wildman–Crippen LogP) is 3.98. The standard InChI is InChI=1S/C17H17N3S/c1-19-17-20-16(11-21-17)15-7-3-6-14(9-15)13-5-2-4-12(8-13)10-18/h2-9,11H,10,18H2,1H3,(H,19,20). The predicted molar refractivity (Wildman–Crippen MR) is 90.4 cm³/mol. The van der Waals surface area contributed by atoms with Crippen molar-refractivity contribution in [3.63, 3.8) is 0 Å². The van der Waals surface area contributed by atoms with Crippen molar-refractivity contribution in [1.82, 2.24) is 4.98 Å². The van der Waals surface area contributed by atoms with Crippen LogP contribution in [-0.4, -0.2) is 12.0 Å². The van der Waals surface area contributed by atoms with Gasteiger partial charge in [0.15, 0.2) is 5.13 Å². The molecule has 0 saturated carbocycles. The fourth-order valence-electron chi connectivity index (χ4n) is 2.26. The number of aromatic nitrogens is 1. The number of thiazole rings is 1. The lowest BCUT2D eigenvalue weighted by atomic mass is 10.0. The Morgan fingerprint density at radius 3 is 2.48 bits per heavy atom. The molecule has 3 rings (SSSR count). The van der Waals surface area contributed by atoms with Gasteiger partial charge in [-0.2, -0.15) is 0 Å². The molecule has 0 saturated heterocycles. The summed E-state index contributed by atoms with van der Waals surface area (Å²) in [5.41, 5.74) is 11.4. The zero-order chi connectivity index (χ0) is 14.7. The minimum Gasteiger partial charge on any atom is -0.365 e. The maximum absolute atomic E-state index is 5.72. The summed E-state index contributed by atoms with van der Waals surface area (Å²) < 4.78 is 0. The lowest BCUT2D eigenvalue weighted by Crippen LogP contribution is -1.95. The largest absolute Gasteiger partial charge is 0.365 e. The minimum absolute atomic E-state index is 0.561. The molecule has 1 aromatic heterocycles. The molecule has 4 heteroatoms. The van der Waals surface area contributed by atoms with Gasteiger partial charge in [0, 0.05) is 24.5 Å². The first-order valence-corrected chi connectivity index (χ1v) is 7.71. The van der Waals surface area contributed by atoms with Gasteiger partial charge in [-0.05, 0) is 28.8 Å². The number of nitrogens with one attached hydrogen (secondary N) is 1. The first-order valence-electron chi connectivity index (χ1n) is 6.83. The molecule has 0 bridgehead atoms. The Bertz CT molecular complexity index is 749. The van der Waals surface area contributed by atoms with Crippen molar-refractivity contribution in [3.8, 4) is 22.4 Å². The number of hydrogen-bond acceptors (Lipinski definition) is 4. The molecule has 0 spiro atoms. The minimum atomic E-state index is 0.561. The first-order chi connectivity index (χ1) is 10.3. The van der Waals surface area contributed by atoms with E-state index in [1.165, 1.54) is 11.1 Å². The number of rotatable bonds is 4. The molecule has 0 amide bonds. The molecule has 106 valence electrons. The zero-order valence-electron chi connectivity index (χ0n) is 11.8. The van der Waals surface area contributed by atoms with Crippen LogP contribution in [0.25, 0.3) is 22.4 Å².